The minimum absolute atomic E-state index is 0.0216. The Kier molecular flexibility index (Phi) is 5.73. The van der Waals surface area contributed by atoms with Crippen molar-refractivity contribution in [2.24, 2.45) is 5.16 Å². The Morgan fingerprint density at radius 1 is 1.58 bits per heavy atom. The lowest BCUT2D eigenvalue weighted by molar-refractivity contribution is -0.145. The molecular formula is C11H13N5O8S2. The maximum Gasteiger partial charge on any atom is 0.362 e. The number of hydrogen-bond donors (Lipinski definition) is 3. The summed E-state index contributed by atoms with van der Waals surface area (Å²) in [6.07, 6.45) is 0. The number of oxime groups is 1. The zero-order chi connectivity index (χ0) is 19.5. The largest absolute Gasteiger partial charge is 0.466 e. The lowest BCUT2D eigenvalue weighted by Gasteiger charge is -2.35. The number of esters is 1. The van der Waals surface area contributed by atoms with E-state index >= 15 is 0 Å². The maximum absolute atomic E-state index is 12.3. The minimum Gasteiger partial charge on any atom is -0.466 e. The lowest BCUT2D eigenvalue weighted by atomic mass is 10.1. The van der Waals surface area contributed by atoms with Gasteiger partial charge in [0.15, 0.2) is 10.8 Å². The van der Waals surface area contributed by atoms with E-state index in [1.165, 1.54) is 5.38 Å². The van der Waals surface area contributed by atoms with Gasteiger partial charge in [-0.25, -0.2) is 14.1 Å². The zero-order valence-corrected chi connectivity index (χ0v) is 14.7. The van der Waals surface area contributed by atoms with Crippen LogP contribution in [0.1, 0.15) is 5.69 Å². The number of ether oxygens (including phenoxy) is 1. The van der Waals surface area contributed by atoms with Gasteiger partial charge >= 0.3 is 16.3 Å². The Morgan fingerprint density at radius 3 is 2.77 bits per heavy atom. The molecule has 0 unspecified atom stereocenters. The van der Waals surface area contributed by atoms with Gasteiger partial charge < -0.3 is 20.6 Å². The maximum atomic E-state index is 12.3. The van der Waals surface area contributed by atoms with Crippen molar-refractivity contribution >= 4 is 50.3 Å². The third kappa shape index (κ3) is 4.44. The first-order chi connectivity index (χ1) is 12.1. The summed E-state index contributed by atoms with van der Waals surface area (Å²) in [5, 5.41) is 7.24. The average Bonchev–Trinajstić information content (AvgIpc) is 2.98. The van der Waals surface area contributed by atoms with Crippen LogP contribution in [0.25, 0.3) is 0 Å². The van der Waals surface area contributed by atoms with Crippen LogP contribution in [0.5, 0.6) is 0 Å². The first-order valence-corrected chi connectivity index (χ1v) is 8.99. The molecule has 0 saturated carbocycles. The van der Waals surface area contributed by atoms with Crippen molar-refractivity contribution in [1.29, 1.82) is 0 Å². The third-order valence-corrected chi connectivity index (χ3v) is 4.58. The summed E-state index contributed by atoms with van der Waals surface area (Å²) in [6.45, 7) is -1.02. The monoisotopic (exact) mass is 407 g/mol. The first-order valence-electron chi connectivity index (χ1n) is 6.71. The van der Waals surface area contributed by atoms with E-state index in [0.717, 1.165) is 18.4 Å². The number of anilines is 1. The molecule has 13 nitrogen and oxygen atoms in total. The highest BCUT2D eigenvalue weighted by atomic mass is 32.2. The van der Waals surface area contributed by atoms with Gasteiger partial charge in [0.25, 0.3) is 11.8 Å². The van der Waals surface area contributed by atoms with Crippen molar-refractivity contribution in [2.75, 3.05) is 26.0 Å². The number of β-lactam (4-membered cyclic amide) rings is 1. The van der Waals surface area contributed by atoms with Crippen molar-refractivity contribution in [1.82, 2.24) is 14.6 Å². The van der Waals surface area contributed by atoms with Gasteiger partial charge in [0.05, 0.1) is 13.7 Å². The van der Waals surface area contributed by atoms with Crippen LogP contribution in [0, 0.1) is 0 Å². The van der Waals surface area contributed by atoms with Gasteiger partial charge in [-0.1, -0.05) is 5.16 Å². The average molecular weight is 407 g/mol. The number of thiazole rings is 1. The van der Waals surface area contributed by atoms with E-state index in [4.69, 9.17) is 15.1 Å². The van der Waals surface area contributed by atoms with E-state index in [-0.39, 0.29) is 20.8 Å². The summed E-state index contributed by atoms with van der Waals surface area (Å²) in [4.78, 5) is 43.6. The topological polar surface area (TPSA) is 191 Å². The van der Waals surface area contributed by atoms with Crippen LogP contribution in [0.4, 0.5) is 5.13 Å². The number of methoxy groups -OCH3 is 1. The molecule has 1 atom stereocenters. The number of amides is 2. The van der Waals surface area contributed by atoms with E-state index in [0.29, 0.717) is 0 Å². The van der Waals surface area contributed by atoms with E-state index in [1.54, 1.807) is 0 Å². The summed E-state index contributed by atoms with van der Waals surface area (Å²) in [6, 6.07) is -1.19. The second-order valence-electron chi connectivity index (χ2n) is 4.73. The van der Waals surface area contributed by atoms with Crippen LogP contribution in [0.15, 0.2) is 10.5 Å². The quantitative estimate of drug-likeness (QED) is 0.146. The number of carbonyl (C=O) groups is 3. The van der Waals surface area contributed by atoms with Crippen molar-refractivity contribution in [3.63, 3.8) is 0 Å². The number of nitrogen functional groups attached to an aromatic ring is 1. The Balaban J connectivity index is 2.10. The van der Waals surface area contributed by atoms with Gasteiger partial charge in [0.2, 0.25) is 6.61 Å². The first kappa shape index (κ1) is 19.5. The van der Waals surface area contributed by atoms with Crippen molar-refractivity contribution in [2.45, 2.75) is 6.04 Å². The van der Waals surface area contributed by atoms with E-state index in [1.807, 2.05) is 0 Å². The molecule has 1 aromatic rings. The molecule has 26 heavy (non-hydrogen) atoms. The zero-order valence-electron chi connectivity index (χ0n) is 13.1. The van der Waals surface area contributed by atoms with Gasteiger partial charge in [0, 0.05) is 5.38 Å². The molecule has 0 aliphatic carbocycles. The Morgan fingerprint density at radius 2 is 2.27 bits per heavy atom. The summed E-state index contributed by atoms with van der Waals surface area (Å²) in [5.74, 6) is -2.69. The summed E-state index contributed by atoms with van der Waals surface area (Å²) >= 11 is 1.01. The second-order valence-corrected chi connectivity index (χ2v) is 6.96. The van der Waals surface area contributed by atoms with Gasteiger partial charge in [0.1, 0.15) is 11.7 Å². The minimum atomic E-state index is -4.68. The Labute approximate surface area is 150 Å². The molecule has 15 heteroatoms. The van der Waals surface area contributed by atoms with Crippen LogP contribution in [0.2, 0.25) is 0 Å². The molecule has 1 saturated heterocycles. The van der Waals surface area contributed by atoms with Crippen molar-refractivity contribution in [3.05, 3.63) is 11.1 Å². The molecule has 142 valence electrons. The smallest absolute Gasteiger partial charge is 0.362 e. The number of nitrogens with two attached hydrogens (primary N) is 1. The molecule has 0 bridgehead atoms. The number of aromatic nitrogens is 1. The number of nitrogens with one attached hydrogen (secondary N) is 1. The fourth-order valence-corrected chi connectivity index (χ4v) is 2.99. The van der Waals surface area contributed by atoms with E-state index in [9.17, 15) is 22.8 Å². The van der Waals surface area contributed by atoms with E-state index < -0.39 is 47.3 Å². The fraction of sp³-hybridized carbons (Fsp3) is 0.364. The summed E-state index contributed by atoms with van der Waals surface area (Å²) < 4.78 is 35.1. The normalized spacial score (nSPS) is 17.5. The molecule has 1 aromatic heterocycles. The fourth-order valence-electron chi connectivity index (χ4n) is 1.75. The lowest BCUT2D eigenvalue weighted by Crippen LogP contribution is -2.65. The van der Waals surface area contributed by atoms with Crippen LogP contribution < -0.4 is 11.1 Å². The van der Waals surface area contributed by atoms with Crippen LogP contribution in [0.3, 0.4) is 0 Å². The molecule has 1 aliphatic heterocycles. The second kappa shape index (κ2) is 7.63. The van der Waals surface area contributed by atoms with Crippen molar-refractivity contribution in [3.8, 4) is 0 Å². The molecule has 4 N–H and O–H groups in total. The molecular weight excluding hydrogens is 394 g/mol. The number of nitrogens with zero attached hydrogens (tertiary/aromatic N) is 3. The molecule has 0 spiro atoms. The molecule has 2 heterocycles. The predicted octanol–water partition coefficient (Wildman–Crippen LogP) is -2.25. The SMILES string of the molecule is COC(=O)CON=C(C(=O)N[C@H]1CN(S(=O)(=O)O)C1=O)c1csc(N)n1. The summed E-state index contributed by atoms with van der Waals surface area (Å²) in [5.41, 5.74) is 5.12. The van der Waals surface area contributed by atoms with Gasteiger partial charge in [-0.2, -0.15) is 8.42 Å². The highest BCUT2D eigenvalue weighted by Crippen LogP contribution is 2.16. The predicted molar refractivity (Wildman–Crippen MR) is 86.2 cm³/mol. The van der Waals surface area contributed by atoms with Gasteiger partial charge in [-0.15, -0.1) is 11.3 Å². The Hall–Kier alpha value is -2.78. The number of rotatable bonds is 7. The van der Waals surface area contributed by atoms with E-state index in [2.05, 4.69) is 20.2 Å². The molecule has 1 aliphatic rings. The van der Waals surface area contributed by atoms with Crippen LogP contribution in [-0.2, 0) is 34.3 Å². The molecule has 1 fully saturated rings. The standard InChI is InChI=1S/C11H13N5O8S2/c1-23-7(17)3-24-15-8(6-4-25-11(12)14-6)9(18)13-5-2-16(10(5)19)26(20,21)22/h4-5H,2-3H2,1H3,(H2,12,14)(H,13,18)(H,20,21,22)/t5-/m0/s1. The molecule has 2 rings (SSSR count). The van der Waals surface area contributed by atoms with Gasteiger partial charge in [-0.3, -0.25) is 14.1 Å². The third-order valence-electron chi connectivity index (χ3n) is 3.02. The molecule has 0 aromatic carbocycles. The number of hydrogen-bond acceptors (Lipinski definition) is 11. The summed E-state index contributed by atoms with van der Waals surface area (Å²) in [7, 11) is -3.55. The highest BCUT2D eigenvalue weighted by molar-refractivity contribution is 7.84. The Bertz CT molecular complexity index is 864. The van der Waals surface area contributed by atoms with Gasteiger partial charge in [-0.05, 0) is 0 Å². The van der Waals surface area contributed by atoms with Crippen LogP contribution >= 0.6 is 11.3 Å². The molecule has 0 radical (unpaired) electrons. The van der Waals surface area contributed by atoms with Crippen LogP contribution in [-0.4, -0.2) is 72.1 Å². The van der Waals surface area contributed by atoms with Crippen molar-refractivity contribution < 1.29 is 36.9 Å². The number of carbonyl (C=O) groups excluding carboxylic acids is 3. The highest BCUT2D eigenvalue weighted by Gasteiger charge is 2.45. The molecule has 2 amide bonds.